The average molecular weight is 245 g/mol. The molecule has 0 amide bonds. The third-order valence-corrected chi connectivity index (χ3v) is 2.88. The Hall–Kier alpha value is -1.23. The first-order valence-corrected chi connectivity index (χ1v) is 5.52. The van der Waals surface area contributed by atoms with Gasteiger partial charge in [0, 0.05) is 0 Å². The van der Waals surface area contributed by atoms with Crippen LogP contribution in [0.5, 0.6) is 5.75 Å². The summed E-state index contributed by atoms with van der Waals surface area (Å²) in [5, 5.41) is 2.30. The second-order valence-electron chi connectivity index (χ2n) is 4.08. The quantitative estimate of drug-likeness (QED) is 0.865. The zero-order valence-electron chi connectivity index (χ0n) is 9.47. The fraction of sp³-hybridized carbons (Fsp3) is 0.500. The van der Waals surface area contributed by atoms with Crippen molar-refractivity contribution in [2.75, 3.05) is 13.7 Å². The van der Waals surface area contributed by atoms with Gasteiger partial charge in [-0.05, 0) is 37.1 Å². The fourth-order valence-corrected chi connectivity index (χ4v) is 2.08. The van der Waals surface area contributed by atoms with E-state index in [2.05, 4.69) is 5.32 Å². The molecular weight excluding hydrogens is 231 g/mol. The van der Waals surface area contributed by atoms with E-state index >= 15 is 0 Å². The summed E-state index contributed by atoms with van der Waals surface area (Å²) in [7, 11) is 1.31. The molecule has 1 atom stereocenters. The van der Waals surface area contributed by atoms with Crippen LogP contribution >= 0.6 is 0 Å². The van der Waals surface area contributed by atoms with Crippen molar-refractivity contribution in [2.45, 2.75) is 25.1 Å². The number of rotatable bonds is 2. The molecular formula is C12H14F3NO. The molecule has 0 aliphatic carbocycles. The third kappa shape index (κ3) is 2.54. The van der Waals surface area contributed by atoms with Crippen LogP contribution in [0.2, 0.25) is 0 Å². The van der Waals surface area contributed by atoms with Crippen LogP contribution in [0.25, 0.3) is 0 Å². The minimum Gasteiger partial charge on any atom is -0.493 e. The fourth-order valence-electron chi connectivity index (χ4n) is 2.08. The second-order valence-corrected chi connectivity index (χ2v) is 4.08. The van der Waals surface area contributed by atoms with Crippen LogP contribution in [0.3, 0.4) is 0 Å². The minimum atomic E-state index is -4.28. The van der Waals surface area contributed by atoms with E-state index in [-0.39, 0.29) is 5.56 Å². The molecule has 5 heteroatoms. The average Bonchev–Trinajstić information content (AvgIpc) is 2.28. The first-order chi connectivity index (χ1) is 8.02. The van der Waals surface area contributed by atoms with Crippen LogP contribution in [0.15, 0.2) is 18.2 Å². The van der Waals surface area contributed by atoms with E-state index in [0.717, 1.165) is 18.4 Å². The van der Waals surface area contributed by atoms with Crippen LogP contribution < -0.4 is 10.1 Å². The molecule has 1 unspecified atom stereocenters. The van der Waals surface area contributed by atoms with Gasteiger partial charge in [-0.3, -0.25) is 0 Å². The molecule has 0 fully saturated rings. The van der Waals surface area contributed by atoms with Crippen molar-refractivity contribution < 1.29 is 17.9 Å². The Morgan fingerprint density at radius 1 is 1.35 bits per heavy atom. The number of aryl methyl sites for hydroxylation is 1. The lowest BCUT2D eigenvalue weighted by Gasteiger charge is -2.23. The van der Waals surface area contributed by atoms with E-state index in [1.807, 2.05) is 0 Å². The first-order valence-electron chi connectivity index (χ1n) is 5.52. The molecule has 1 aliphatic rings. The Bertz CT molecular complexity index is 403. The summed E-state index contributed by atoms with van der Waals surface area (Å²) < 4.78 is 43.6. The van der Waals surface area contributed by atoms with E-state index in [0.29, 0.717) is 12.4 Å². The molecule has 0 aromatic heterocycles. The van der Waals surface area contributed by atoms with E-state index < -0.39 is 12.2 Å². The van der Waals surface area contributed by atoms with Crippen molar-refractivity contribution in [3.63, 3.8) is 0 Å². The van der Waals surface area contributed by atoms with Gasteiger partial charge in [0.05, 0.1) is 6.61 Å². The van der Waals surface area contributed by atoms with Gasteiger partial charge >= 0.3 is 6.18 Å². The summed E-state index contributed by atoms with van der Waals surface area (Å²) in [4.78, 5) is 0. The van der Waals surface area contributed by atoms with Crippen molar-refractivity contribution >= 4 is 0 Å². The summed E-state index contributed by atoms with van der Waals surface area (Å²) in [6, 6.07) is 3.07. The molecule has 1 aromatic rings. The largest absolute Gasteiger partial charge is 0.493 e. The molecule has 0 saturated heterocycles. The highest BCUT2D eigenvalue weighted by molar-refractivity contribution is 5.40. The van der Waals surface area contributed by atoms with Crippen LogP contribution in [0.4, 0.5) is 13.2 Å². The van der Waals surface area contributed by atoms with Gasteiger partial charge in [-0.15, -0.1) is 0 Å². The number of benzene rings is 1. The summed E-state index contributed by atoms with van der Waals surface area (Å²) >= 11 is 0. The Morgan fingerprint density at radius 2 is 2.12 bits per heavy atom. The number of alkyl halides is 3. The van der Waals surface area contributed by atoms with Gasteiger partial charge in [-0.1, -0.05) is 12.1 Å². The SMILES string of the molecule is CNC(c1ccc2c(c1)CCCO2)C(F)(F)F. The van der Waals surface area contributed by atoms with E-state index in [9.17, 15) is 13.2 Å². The summed E-state index contributed by atoms with van der Waals surface area (Å²) in [6.45, 7) is 0.640. The lowest BCUT2D eigenvalue weighted by atomic mass is 9.99. The number of nitrogens with one attached hydrogen (secondary N) is 1. The monoisotopic (exact) mass is 245 g/mol. The van der Waals surface area contributed by atoms with Crippen LogP contribution in [-0.2, 0) is 6.42 Å². The molecule has 0 bridgehead atoms. The summed E-state index contributed by atoms with van der Waals surface area (Å²) in [5.74, 6) is 0.706. The predicted molar refractivity (Wildman–Crippen MR) is 58.1 cm³/mol. The number of fused-ring (bicyclic) bond motifs is 1. The molecule has 2 rings (SSSR count). The molecule has 0 spiro atoms. The molecule has 0 radical (unpaired) electrons. The minimum absolute atomic E-state index is 0.240. The van der Waals surface area contributed by atoms with Gasteiger partial charge < -0.3 is 10.1 Å². The van der Waals surface area contributed by atoms with Crippen molar-refractivity contribution in [1.82, 2.24) is 5.32 Å². The topological polar surface area (TPSA) is 21.3 Å². The first kappa shape index (κ1) is 12.2. The van der Waals surface area contributed by atoms with Crippen molar-refractivity contribution in [2.24, 2.45) is 0 Å². The number of hydrogen-bond donors (Lipinski definition) is 1. The van der Waals surface area contributed by atoms with Crippen LogP contribution in [0.1, 0.15) is 23.6 Å². The molecule has 1 heterocycles. The maximum Gasteiger partial charge on any atom is 0.407 e. The van der Waals surface area contributed by atoms with Crippen molar-refractivity contribution in [3.8, 4) is 5.75 Å². The summed E-state index contributed by atoms with van der Waals surface area (Å²) in [5.41, 5.74) is 1.10. The Morgan fingerprint density at radius 3 is 2.76 bits per heavy atom. The Kier molecular flexibility index (Phi) is 3.28. The van der Waals surface area contributed by atoms with Gasteiger partial charge in [-0.2, -0.15) is 13.2 Å². The molecule has 1 aliphatic heterocycles. The highest BCUT2D eigenvalue weighted by atomic mass is 19.4. The molecule has 17 heavy (non-hydrogen) atoms. The highest BCUT2D eigenvalue weighted by Gasteiger charge is 2.39. The maximum absolute atomic E-state index is 12.7. The second kappa shape index (κ2) is 4.56. The Balaban J connectivity index is 2.32. The third-order valence-electron chi connectivity index (χ3n) is 2.88. The number of ether oxygens (including phenoxy) is 1. The molecule has 0 saturated carbocycles. The smallest absolute Gasteiger partial charge is 0.407 e. The lowest BCUT2D eigenvalue weighted by molar-refractivity contribution is -0.156. The zero-order valence-corrected chi connectivity index (χ0v) is 9.47. The van der Waals surface area contributed by atoms with E-state index in [4.69, 9.17) is 4.74 Å². The molecule has 2 nitrogen and oxygen atoms in total. The van der Waals surface area contributed by atoms with E-state index in [1.54, 1.807) is 12.1 Å². The van der Waals surface area contributed by atoms with Gasteiger partial charge in [0.15, 0.2) is 0 Å². The van der Waals surface area contributed by atoms with Gasteiger partial charge in [0.25, 0.3) is 0 Å². The standard InChI is InChI=1S/C12H14F3NO/c1-16-11(12(13,14)15)9-4-5-10-8(7-9)3-2-6-17-10/h4-5,7,11,16H,2-3,6H2,1H3. The lowest BCUT2D eigenvalue weighted by Crippen LogP contribution is -2.31. The molecule has 94 valence electrons. The molecule has 1 N–H and O–H groups in total. The number of halogens is 3. The van der Waals surface area contributed by atoms with Gasteiger partial charge in [-0.25, -0.2) is 0 Å². The normalized spacial score (nSPS) is 17.2. The van der Waals surface area contributed by atoms with Crippen LogP contribution in [-0.4, -0.2) is 19.8 Å². The van der Waals surface area contributed by atoms with E-state index in [1.165, 1.54) is 13.1 Å². The van der Waals surface area contributed by atoms with Crippen LogP contribution in [0, 0.1) is 0 Å². The Labute approximate surface area is 97.8 Å². The predicted octanol–water partition coefficient (Wildman–Crippen LogP) is 2.83. The van der Waals surface area contributed by atoms with Gasteiger partial charge in [0.2, 0.25) is 0 Å². The van der Waals surface area contributed by atoms with Crippen molar-refractivity contribution in [3.05, 3.63) is 29.3 Å². The molecule has 1 aromatic carbocycles. The van der Waals surface area contributed by atoms with Gasteiger partial charge in [0.1, 0.15) is 11.8 Å². The highest BCUT2D eigenvalue weighted by Crippen LogP contribution is 2.35. The van der Waals surface area contributed by atoms with Crippen molar-refractivity contribution in [1.29, 1.82) is 0 Å². The maximum atomic E-state index is 12.7. The summed E-state index contributed by atoms with van der Waals surface area (Å²) in [6.07, 6.45) is -2.65. The number of hydrogen-bond acceptors (Lipinski definition) is 2. The zero-order chi connectivity index (χ0) is 12.5.